The van der Waals surface area contributed by atoms with Gasteiger partial charge < -0.3 is 5.11 Å². The maximum atomic E-state index is 12.1. The van der Waals surface area contributed by atoms with Gasteiger partial charge in [-0.15, -0.1) is 0 Å². The molecule has 0 fully saturated rings. The molecule has 0 spiro atoms. The summed E-state index contributed by atoms with van der Waals surface area (Å²) < 4.78 is 1.55. The fourth-order valence-electron chi connectivity index (χ4n) is 2.26. The van der Waals surface area contributed by atoms with Crippen molar-refractivity contribution in [1.29, 1.82) is 0 Å². The third-order valence-corrected chi connectivity index (χ3v) is 3.24. The molecular weight excluding hydrogens is 268 g/mol. The number of carboxylic acid groups (broad SMARTS) is 1. The van der Waals surface area contributed by atoms with Crippen molar-refractivity contribution in [1.82, 2.24) is 9.78 Å². The smallest absolute Gasteiger partial charge is 0.360 e. The number of rotatable bonds is 3. The van der Waals surface area contributed by atoms with Crippen LogP contribution >= 0.6 is 0 Å². The molecule has 104 valence electrons. The molecule has 21 heavy (non-hydrogen) atoms. The van der Waals surface area contributed by atoms with Crippen molar-refractivity contribution < 1.29 is 9.90 Å². The fraction of sp³-hybridized carbons (Fsp3) is 0.0625. The highest BCUT2D eigenvalue weighted by molar-refractivity contribution is 5.90. The van der Waals surface area contributed by atoms with Gasteiger partial charge in [0.05, 0.1) is 12.1 Å². The molecule has 3 rings (SSSR count). The van der Waals surface area contributed by atoms with Crippen molar-refractivity contribution in [2.24, 2.45) is 0 Å². The molecule has 0 unspecified atom stereocenters. The van der Waals surface area contributed by atoms with Crippen molar-refractivity contribution in [3.8, 4) is 0 Å². The maximum Gasteiger partial charge on any atom is 0.360 e. The molecule has 0 bridgehead atoms. The van der Waals surface area contributed by atoms with Crippen LogP contribution in [0.3, 0.4) is 0 Å². The number of hydrogen-bond acceptors (Lipinski definition) is 3. The van der Waals surface area contributed by atoms with Crippen molar-refractivity contribution in [2.45, 2.75) is 6.54 Å². The van der Waals surface area contributed by atoms with Crippen LogP contribution in [0.5, 0.6) is 0 Å². The molecule has 0 saturated carbocycles. The van der Waals surface area contributed by atoms with Crippen LogP contribution in [0.25, 0.3) is 10.9 Å². The van der Waals surface area contributed by atoms with Gasteiger partial charge in [-0.05, 0) is 17.7 Å². The number of benzene rings is 2. The first-order chi connectivity index (χ1) is 10.2. The number of fused-ring (bicyclic) bond motifs is 1. The number of aromatic nitrogens is 2. The first kappa shape index (κ1) is 13.1. The van der Waals surface area contributed by atoms with E-state index in [0.29, 0.717) is 17.4 Å². The molecule has 0 aliphatic heterocycles. The van der Waals surface area contributed by atoms with Gasteiger partial charge in [0, 0.05) is 5.39 Å². The average Bonchev–Trinajstić information content (AvgIpc) is 2.51. The predicted molar refractivity (Wildman–Crippen MR) is 78.5 cm³/mol. The van der Waals surface area contributed by atoms with Crippen molar-refractivity contribution >= 4 is 16.9 Å². The van der Waals surface area contributed by atoms with E-state index in [-0.39, 0.29) is 0 Å². The van der Waals surface area contributed by atoms with Gasteiger partial charge in [0.2, 0.25) is 11.1 Å². The van der Waals surface area contributed by atoms with Crippen LogP contribution in [-0.2, 0) is 6.54 Å². The van der Waals surface area contributed by atoms with Crippen LogP contribution in [0.1, 0.15) is 16.1 Å². The topological polar surface area (TPSA) is 72.2 Å². The minimum atomic E-state index is -1.31. The van der Waals surface area contributed by atoms with Gasteiger partial charge in [-0.2, -0.15) is 5.10 Å². The lowest BCUT2D eigenvalue weighted by atomic mass is 10.2. The molecule has 1 aromatic heterocycles. The Morgan fingerprint density at radius 3 is 2.43 bits per heavy atom. The second-order valence-corrected chi connectivity index (χ2v) is 4.64. The van der Waals surface area contributed by atoms with Crippen LogP contribution in [0.2, 0.25) is 0 Å². The predicted octanol–water partition coefficient (Wildman–Crippen LogP) is 2.14. The van der Waals surface area contributed by atoms with Crippen LogP contribution in [0.15, 0.2) is 59.4 Å². The summed E-state index contributed by atoms with van der Waals surface area (Å²) in [6.45, 7) is 0.405. The molecule has 1 N–H and O–H groups in total. The van der Waals surface area contributed by atoms with E-state index in [1.807, 2.05) is 30.3 Å². The van der Waals surface area contributed by atoms with Gasteiger partial charge in [-0.25, -0.2) is 4.79 Å². The Labute approximate surface area is 120 Å². The Morgan fingerprint density at radius 1 is 1.05 bits per heavy atom. The normalized spacial score (nSPS) is 10.7. The van der Waals surface area contributed by atoms with Crippen molar-refractivity contribution in [3.63, 3.8) is 0 Å². The lowest BCUT2D eigenvalue weighted by Crippen LogP contribution is -2.23. The third-order valence-electron chi connectivity index (χ3n) is 3.24. The third kappa shape index (κ3) is 2.41. The van der Waals surface area contributed by atoms with Crippen LogP contribution in [0.4, 0.5) is 0 Å². The van der Waals surface area contributed by atoms with Crippen LogP contribution < -0.4 is 5.43 Å². The number of nitrogens with zero attached hydrogens (tertiary/aromatic N) is 2. The Balaban J connectivity index is 2.24. The van der Waals surface area contributed by atoms with Crippen LogP contribution in [0, 0.1) is 0 Å². The summed E-state index contributed by atoms with van der Waals surface area (Å²) in [5.74, 6) is -1.31. The maximum absolute atomic E-state index is 12.1. The molecule has 0 saturated heterocycles. The van der Waals surface area contributed by atoms with E-state index in [4.69, 9.17) is 5.11 Å². The Hall–Kier alpha value is -2.95. The molecule has 3 aromatic rings. The molecule has 2 aromatic carbocycles. The number of carbonyl (C=O) groups is 1. The molecule has 5 heteroatoms. The molecule has 0 radical (unpaired) electrons. The minimum Gasteiger partial charge on any atom is -0.476 e. The molecule has 0 aliphatic rings. The summed E-state index contributed by atoms with van der Waals surface area (Å²) in [5, 5.41) is 13.5. The standard InChI is InChI=1S/C16H12N2O3/c19-15-12-8-4-5-9-13(12)18(17-14(15)16(20)21)10-11-6-2-1-3-7-11/h1-9H,10H2,(H,20,21). The van der Waals surface area contributed by atoms with E-state index in [2.05, 4.69) is 5.10 Å². The van der Waals surface area contributed by atoms with Gasteiger partial charge in [0.15, 0.2) is 0 Å². The van der Waals surface area contributed by atoms with E-state index in [1.54, 1.807) is 28.9 Å². The average molecular weight is 280 g/mol. The first-order valence-corrected chi connectivity index (χ1v) is 6.44. The van der Waals surface area contributed by atoms with E-state index in [0.717, 1.165) is 5.56 Å². The van der Waals surface area contributed by atoms with Gasteiger partial charge >= 0.3 is 5.97 Å². The quantitative estimate of drug-likeness (QED) is 0.797. The summed E-state index contributed by atoms with van der Waals surface area (Å²) in [6.07, 6.45) is 0. The summed E-state index contributed by atoms with van der Waals surface area (Å²) in [6, 6.07) is 16.4. The second-order valence-electron chi connectivity index (χ2n) is 4.64. The summed E-state index contributed by atoms with van der Waals surface area (Å²) in [4.78, 5) is 23.3. The molecule has 0 amide bonds. The SMILES string of the molecule is O=C(O)c1nn(Cc2ccccc2)c2ccccc2c1=O. The van der Waals surface area contributed by atoms with Crippen LogP contribution in [-0.4, -0.2) is 20.9 Å². The zero-order valence-electron chi connectivity index (χ0n) is 11.1. The van der Waals surface area contributed by atoms with E-state index in [9.17, 15) is 9.59 Å². The molecule has 1 heterocycles. The monoisotopic (exact) mass is 280 g/mol. The number of para-hydroxylation sites is 1. The molecule has 0 atom stereocenters. The lowest BCUT2D eigenvalue weighted by molar-refractivity contribution is 0.0686. The molecular formula is C16H12N2O3. The highest BCUT2D eigenvalue weighted by atomic mass is 16.4. The van der Waals surface area contributed by atoms with Gasteiger partial charge in [0.1, 0.15) is 0 Å². The van der Waals surface area contributed by atoms with Gasteiger partial charge in [-0.1, -0.05) is 42.5 Å². The number of carboxylic acids is 1. The largest absolute Gasteiger partial charge is 0.476 e. The lowest BCUT2D eigenvalue weighted by Gasteiger charge is -2.10. The number of aromatic carboxylic acids is 1. The van der Waals surface area contributed by atoms with E-state index < -0.39 is 17.1 Å². The van der Waals surface area contributed by atoms with Crippen molar-refractivity contribution in [3.05, 3.63) is 76.1 Å². The number of hydrogen-bond donors (Lipinski definition) is 1. The minimum absolute atomic E-state index is 0.362. The van der Waals surface area contributed by atoms with Gasteiger partial charge in [0.25, 0.3) is 0 Å². The van der Waals surface area contributed by atoms with Gasteiger partial charge in [-0.3, -0.25) is 9.48 Å². The Bertz CT molecular complexity index is 870. The summed E-state index contributed by atoms with van der Waals surface area (Å²) in [7, 11) is 0. The Kier molecular flexibility index (Phi) is 3.23. The zero-order chi connectivity index (χ0) is 14.8. The fourth-order valence-corrected chi connectivity index (χ4v) is 2.26. The summed E-state index contributed by atoms with van der Waals surface area (Å²) in [5.41, 5.74) is 0.596. The first-order valence-electron chi connectivity index (χ1n) is 6.44. The Morgan fingerprint density at radius 2 is 1.71 bits per heavy atom. The molecule has 0 aliphatic carbocycles. The van der Waals surface area contributed by atoms with E-state index in [1.165, 1.54) is 0 Å². The summed E-state index contributed by atoms with van der Waals surface area (Å²) >= 11 is 0. The van der Waals surface area contributed by atoms with Crippen molar-refractivity contribution in [2.75, 3.05) is 0 Å². The zero-order valence-corrected chi connectivity index (χ0v) is 11.1. The second kappa shape index (κ2) is 5.20. The highest BCUT2D eigenvalue weighted by Gasteiger charge is 2.16. The molecule has 5 nitrogen and oxygen atoms in total. The van der Waals surface area contributed by atoms with E-state index >= 15 is 0 Å². The highest BCUT2D eigenvalue weighted by Crippen LogP contribution is 2.12.